The molecule has 2 rings (SSSR count). The molecular formula is C13H18FNO. The average molecular weight is 223 g/mol. The van der Waals surface area contributed by atoms with Crippen LogP contribution in [0, 0.1) is 12.7 Å². The molecule has 3 heteroatoms. The molecule has 0 amide bonds. The van der Waals surface area contributed by atoms with E-state index >= 15 is 0 Å². The minimum absolute atomic E-state index is 0.0820. The van der Waals surface area contributed by atoms with Crippen LogP contribution < -0.4 is 5.73 Å². The fraction of sp³-hybridized carbons (Fsp3) is 0.538. The smallest absolute Gasteiger partial charge is 0.126 e. The van der Waals surface area contributed by atoms with Crippen LogP contribution in [0.2, 0.25) is 0 Å². The fourth-order valence-electron chi connectivity index (χ4n) is 2.14. The van der Waals surface area contributed by atoms with Gasteiger partial charge in [0.1, 0.15) is 5.82 Å². The molecule has 1 saturated heterocycles. The highest BCUT2D eigenvalue weighted by atomic mass is 19.1. The van der Waals surface area contributed by atoms with Crippen molar-refractivity contribution in [3.63, 3.8) is 0 Å². The molecule has 16 heavy (non-hydrogen) atoms. The number of rotatable bonds is 2. The Bertz CT molecular complexity index is 361. The maximum atomic E-state index is 13.1. The second-order valence-electron chi connectivity index (χ2n) is 4.44. The number of ether oxygens (including phenoxy) is 1. The van der Waals surface area contributed by atoms with Gasteiger partial charge in [-0.25, -0.2) is 4.39 Å². The van der Waals surface area contributed by atoms with E-state index in [1.165, 1.54) is 12.5 Å². The van der Waals surface area contributed by atoms with Crippen molar-refractivity contribution in [2.45, 2.75) is 38.3 Å². The largest absolute Gasteiger partial charge is 0.376 e. The second-order valence-corrected chi connectivity index (χ2v) is 4.44. The van der Waals surface area contributed by atoms with Crippen LogP contribution in [-0.4, -0.2) is 12.7 Å². The molecule has 0 radical (unpaired) electrons. The average Bonchev–Trinajstić information content (AvgIpc) is 2.33. The van der Waals surface area contributed by atoms with Gasteiger partial charge in [-0.1, -0.05) is 12.1 Å². The maximum absolute atomic E-state index is 13.1. The van der Waals surface area contributed by atoms with Crippen molar-refractivity contribution >= 4 is 0 Å². The normalized spacial score (nSPS) is 23.1. The van der Waals surface area contributed by atoms with Crippen molar-refractivity contribution in [3.8, 4) is 0 Å². The Morgan fingerprint density at radius 2 is 2.25 bits per heavy atom. The van der Waals surface area contributed by atoms with E-state index in [9.17, 15) is 4.39 Å². The molecule has 0 aliphatic carbocycles. The van der Waals surface area contributed by atoms with Gasteiger partial charge in [0.15, 0.2) is 0 Å². The third-order valence-electron chi connectivity index (χ3n) is 3.18. The van der Waals surface area contributed by atoms with Gasteiger partial charge in [0.05, 0.1) is 12.1 Å². The highest BCUT2D eigenvalue weighted by Gasteiger charge is 2.22. The summed E-state index contributed by atoms with van der Waals surface area (Å²) < 4.78 is 18.8. The summed E-state index contributed by atoms with van der Waals surface area (Å²) in [6, 6.07) is 4.91. The lowest BCUT2D eigenvalue weighted by Crippen LogP contribution is -2.31. The summed E-state index contributed by atoms with van der Waals surface area (Å²) >= 11 is 0. The molecule has 88 valence electrons. The molecule has 0 saturated carbocycles. The zero-order valence-electron chi connectivity index (χ0n) is 9.58. The van der Waals surface area contributed by atoms with Crippen molar-refractivity contribution in [1.29, 1.82) is 0 Å². The summed E-state index contributed by atoms with van der Waals surface area (Å²) in [6.07, 6.45) is 3.36. The molecule has 0 spiro atoms. The van der Waals surface area contributed by atoms with Crippen LogP contribution in [0.3, 0.4) is 0 Å². The lowest BCUT2D eigenvalue weighted by atomic mass is 9.95. The Morgan fingerprint density at radius 3 is 2.88 bits per heavy atom. The molecule has 1 aliphatic rings. The molecule has 2 N–H and O–H groups in total. The standard InChI is InChI=1S/C13H18FNO/c1-9-8-10(5-6-11(9)14)13(15)12-4-2-3-7-16-12/h5-6,8,12-13H,2-4,7,15H2,1H3. The number of aryl methyl sites for hydroxylation is 1. The van der Waals surface area contributed by atoms with Gasteiger partial charge in [0.25, 0.3) is 0 Å². The molecular weight excluding hydrogens is 205 g/mol. The van der Waals surface area contributed by atoms with Crippen molar-refractivity contribution in [1.82, 2.24) is 0 Å². The molecule has 2 nitrogen and oxygen atoms in total. The molecule has 2 unspecified atom stereocenters. The summed E-state index contributed by atoms with van der Waals surface area (Å²) in [5.41, 5.74) is 7.75. The van der Waals surface area contributed by atoms with Gasteiger partial charge in [0.2, 0.25) is 0 Å². The first-order valence-electron chi connectivity index (χ1n) is 5.81. The number of hydrogen-bond acceptors (Lipinski definition) is 2. The summed E-state index contributed by atoms with van der Waals surface area (Å²) in [7, 11) is 0. The number of nitrogens with two attached hydrogens (primary N) is 1. The first kappa shape index (κ1) is 11.6. The number of benzene rings is 1. The lowest BCUT2D eigenvalue weighted by Gasteiger charge is -2.28. The predicted octanol–water partition coefficient (Wildman–Crippen LogP) is 2.70. The van der Waals surface area contributed by atoms with Crippen molar-refractivity contribution < 1.29 is 9.13 Å². The van der Waals surface area contributed by atoms with E-state index in [0.717, 1.165) is 25.0 Å². The topological polar surface area (TPSA) is 35.2 Å². The molecule has 0 aromatic heterocycles. The molecule has 2 atom stereocenters. The highest BCUT2D eigenvalue weighted by Crippen LogP contribution is 2.25. The van der Waals surface area contributed by atoms with E-state index in [1.807, 2.05) is 6.07 Å². The lowest BCUT2D eigenvalue weighted by molar-refractivity contribution is -0.00000707. The van der Waals surface area contributed by atoms with Gasteiger partial charge in [-0.2, -0.15) is 0 Å². The Labute approximate surface area is 95.6 Å². The Balaban J connectivity index is 2.12. The van der Waals surface area contributed by atoms with Crippen molar-refractivity contribution in [2.75, 3.05) is 6.61 Å². The third kappa shape index (κ3) is 2.42. The van der Waals surface area contributed by atoms with E-state index in [1.54, 1.807) is 13.0 Å². The maximum Gasteiger partial charge on any atom is 0.126 e. The van der Waals surface area contributed by atoms with Crippen LogP contribution in [0.4, 0.5) is 4.39 Å². The molecule has 1 aromatic rings. The van der Waals surface area contributed by atoms with Gasteiger partial charge in [-0.3, -0.25) is 0 Å². The Hall–Kier alpha value is -0.930. The summed E-state index contributed by atoms with van der Waals surface area (Å²) in [6.45, 7) is 2.55. The van der Waals surface area contributed by atoms with Crippen LogP contribution in [0.5, 0.6) is 0 Å². The van der Waals surface area contributed by atoms with Crippen molar-refractivity contribution in [3.05, 3.63) is 35.1 Å². The van der Waals surface area contributed by atoms with Crippen LogP contribution in [0.15, 0.2) is 18.2 Å². The Kier molecular flexibility index (Phi) is 3.56. The van der Waals surface area contributed by atoms with E-state index < -0.39 is 0 Å². The van der Waals surface area contributed by atoms with Gasteiger partial charge < -0.3 is 10.5 Å². The minimum Gasteiger partial charge on any atom is -0.376 e. The SMILES string of the molecule is Cc1cc(C(N)C2CCCCO2)ccc1F. The van der Waals surface area contributed by atoms with E-state index in [4.69, 9.17) is 10.5 Å². The van der Waals surface area contributed by atoms with Crippen LogP contribution in [-0.2, 0) is 4.74 Å². The third-order valence-corrected chi connectivity index (χ3v) is 3.18. The van der Waals surface area contributed by atoms with Crippen molar-refractivity contribution in [2.24, 2.45) is 5.73 Å². The predicted molar refractivity (Wildman–Crippen MR) is 61.7 cm³/mol. The quantitative estimate of drug-likeness (QED) is 0.836. The number of halogens is 1. The first-order valence-corrected chi connectivity index (χ1v) is 5.81. The molecule has 1 aliphatic heterocycles. The van der Waals surface area contributed by atoms with Gasteiger partial charge in [0, 0.05) is 6.61 Å². The Morgan fingerprint density at radius 1 is 1.44 bits per heavy atom. The van der Waals surface area contributed by atoms with E-state index in [-0.39, 0.29) is 18.0 Å². The zero-order valence-corrected chi connectivity index (χ0v) is 9.58. The fourth-order valence-corrected chi connectivity index (χ4v) is 2.14. The summed E-state index contributed by atoms with van der Waals surface area (Å²) in [5.74, 6) is -0.180. The highest BCUT2D eigenvalue weighted by molar-refractivity contribution is 5.27. The molecule has 1 fully saturated rings. The molecule has 1 heterocycles. The minimum atomic E-state index is -0.180. The van der Waals surface area contributed by atoms with Crippen LogP contribution in [0.25, 0.3) is 0 Å². The second kappa shape index (κ2) is 4.93. The van der Waals surface area contributed by atoms with E-state index in [2.05, 4.69) is 0 Å². The van der Waals surface area contributed by atoms with Gasteiger partial charge >= 0.3 is 0 Å². The molecule has 1 aromatic carbocycles. The van der Waals surface area contributed by atoms with Gasteiger partial charge in [-0.15, -0.1) is 0 Å². The summed E-state index contributed by atoms with van der Waals surface area (Å²) in [5, 5.41) is 0. The first-order chi connectivity index (χ1) is 7.68. The summed E-state index contributed by atoms with van der Waals surface area (Å²) in [4.78, 5) is 0. The van der Waals surface area contributed by atoms with Gasteiger partial charge in [-0.05, 0) is 43.4 Å². The van der Waals surface area contributed by atoms with E-state index in [0.29, 0.717) is 5.56 Å². The van der Waals surface area contributed by atoms with Crippen LogP contribution >= 0.6 is 0 Å². The monoisotopic (exact) mass is 223 g/mol. The zero-order chi connectivity index (χ0) is 11.5. The number of hydrogen-bond donors (Lipinski definition) is 1. The van der Waals surface area contributed by atoms with Crippen LogP contribution in [0.1, 0.15) is 36.4 Å². The molecule has 0 bridgehead atoms.